The highest BCUT2D eigenvalue weighted by Crippen LogP contribution is 2.33. The first-order chi connectivity index (χ1) is 14.0. The van der Waals surface area contributed by atoms with E-state index in [2.05, 4.69) is 4.99 Å². The van der Waals surface area contributed by atoms with Crippen molar-refractivity contribution in [3.05, 3.63) is 65.1 Å². The second kappa shape index (κ2) is 9.01. The number of hydrogen-bond donors (Lipinski definition) is 0. The maximum absolute atomic E-state index is 14.0. The van der Waals surface area contributed by atoms with Crippen LogP contribution in [0.25, 0.3) is 6.08 Å². The van der Waals surface area contributed by atoms with Gasteiger partial charge in [-0.15, -0.1) is 0 Å². The lowest BCUT2D eigenvalue weighted by Crippen LogP contribution is -2.15. The Morgan fingerprint density at radius 3 is 2.72 bits per heavy atom. The molecule has 1 aliphatic heterocycles. The van der Waals surface area contributed by atoms with Crippen molar-refractivity contribution < 1.29 is 32.9 Å². The van der Waals surface area contributed by atoms with Gasteiger partial charge >= 0.3 is 11.9 Å². The van der Waals surface area contributed by atoms with Gasteiger partial charge in [-0.1, -0.05) is 24.3 Å². The largest absolute Gasteiger partial charge is 0.493 e. The van der Waals surface area contributed by atoms with Crippen LogP contribution in [0.5, 0.6) is 11.5 Å². The van der Waals surface area contributed by atoms with Gasteiger partial charge in [0.1, 0.15) is 5.82 Å². The summed E-state index contributed by atoms with van der Waals surface area (Å²) in [4.78, 5) is 27.9. The van der Waals surface area contributed by atoms with Gasteiger partial charge in [0, 0.05) is 5.56 Å². The molecular formula is C21H18FNO6. The van der Waals surface area contributed by atoms with Crippen LogP contribution in [0.1, 0.15) is 18.1 Å². The quantitative estimate of drug-likeness (QED) is 0.526. The SMILES string of the molecule is CCOC(=O)COc1c(/C=C2/N=C(c3ccccc3F)OC2=O)cccc1OC. The standard InChI is InChI=1S/C21H18FNO6/c1-3-27-18(24)12-28-19-13(7-6-10-17(19)26-2)11-16-21(25)29-20(23-16)14-8-4-5-9-15(14)22/h4-11H,3,12H2,1-2H3/b16-11+. The van der Waals surface area contributed by atoms with Crippen molar-refractivity contribution in [1.29, 1.82) is 0 Å². The first-order valence-corrected chi connectivity index (χ1v) is 8.76. The number of para-hydroxylation sites is 1. The van der Waals surface area contributed by atoms with Crippen LogP contribution in [-0.2, 0) is 19.1 Å². The van der Waals surface area contributed by atoms with Gasteiger partial charge in [0.15, 0.2) is 23.8 Å². The van der Waals surface area contributed by atoms with Crippen LogP contribution in [-0.4, -0.2) is 38.2 Å². The molecule has 0 aromatic heterocycles. The smallest absolute Gasteiger partial charge is 0.363 e. The Morgan fingerprint density at radius 1 is 1.21 bits per heavy atom. The number of rotatable bonds is 7. The van der Waals surface area contributed by atoms with Crippen molar-refractivity contribution in [3.63, 3.8) is 0 Å². The number of ether oxygens (including phenoxy) is 4. The molecule has 8 heteroatoms. The number of benzene rings is 2. The van der Waals surface area contributed by atoms with Gasteiger partial charge in [-0.3, -0.25) is 0 Å². The van der Waals surface area contributed by atoms with E-state index in [1.807, 2.05) is 0 Å². The number of cyclic esters (lactones) is 1. The van der Waals surface area contributed by atoms with Crippen LogP contribution in [0, 0.1) is 5.82 Å². The van der Waals surface area contributed by atoms with Gasteiger partial charge < -0.3 is 18.9 Å². The van der Waals surface area contributed by atoms with Gasteiger partial charge in [-0.2, -0.15) is 0 Å². The molecular weight excluding hydrogens is 381 g/mol. The Morgan fingerprint density at radius 2 is 2.00 bits per heavy atom. The summed E-state index contributed by atoms with van der Waals surface area (Å²) in [6.45, 7) is 1.58. The van der Waals surface area contributed by atoms with Crippen LogP contribution >= 0.6 is 0 Å². The monoisotopic (exact) mass is 399 g/mol. The number of methoxy groups -OCH3 is 1. The summed E-state index contributed by atoms with van der Waals surface area (Å²) in [5, 5.41) is 0. The van der Waals surface area contributed by atoms with Gasteiger partial charge in [-0.05, 0) is 31.2 Å². The molecule has 0 spiro atoms. The number of halogens is 1. The van der Waals surface area contributed by atoms with Crippen LogP contribution in [0.3, 0.4) is 0 Å². The van der Waals surface area contributed by atoms with Crippen molar-refractivity contribution >= 4 is 23.9 Å². The fraction of sp³-hybridized carbons (Fsp3) is 0.190. The molecule has 0 amide bonds. The van der Waals surface area contributed by atoms with E-state index < -0.39 is 17.8 Å². The van der Waals surface area contributed by atoms with Crippen molar-refractivity contribution in [2.45, 2.75) is 6.92 Å². The second-order valence-electron chi connectivity index (χ2n) is 5.79. The minimum Gasteiger partial charge on any atom is -0.493 e. The molecule has 29 heavy (non-hydrogen) atoms. The molecule has 1 heterocycles. The van der Waals surface area contributed by atoms with E-state index in [9.17, 15) is 14.0 Å². The third-order valence-corrected chi connectivity index (χ3v) is 3.89. The van der Waals surface area contributed by atoms with Crippen molar-refractivity contribution in [2.24, 2.45) is 4.99 Å². The second-order valence-corrected chi connectivity index (χ2v) is 5.79. The van der Waals surface area contributed by atoms with Crippen LogP contribution in [0.15, 0.2) is 53.2 Å². The van der Waals surface area contributed by atoms with Gasteiger partial charge in [0.05, 0.1) is 19.3 Å². The Bertz CT molecular complexity index is 998. The average Bonchev–Trinajstić information content (AvgIpc) is 3.07. The number of aliphatic imine (C=N–C) groups is 1. The highest BCUT2D eigenvalue weighted by Gasteiger charge is 2.26. The maximum Gasteiger partial charge on any atom is 0.363 e. The molecule has 0 radical (unpaired) electrons. The fourth-order valence-corrected chi connectivity index (χ4v) is 2.60. The number of carbonyl (C=O) groups excluding carboxylic acids is 2. The summed E-state index contributed by atoms with van der Waals surface area (Å²) in [6.07, 6.45) is 1.42. The molecule has 0 aliphatic carbocycles. The highest BCUT2D eigenvalue weighted by molar-refractivity contribution is 6.13. The molecule has 2 aromatic carbocycles. The third kappa shape index (κ3) is 4.60. The van der Waals surface area contributed by atoms with E-state index in [0.717, 1.165) is 0 Å². The lowest BCUT2D eigenvalue weighted by molar-refractivity contribution is -0.145. The van der Waals surface area contributed by atoms with Crippen molar-refractivity contribution in [3.8, 4) is 11.5 Å². The molecule has 0 unspecified atom stereocenters. The lowest BCUT2D eigenvalue weighted by Gasteiger charge is -2.12. The van der Waals surface area contributed by atoms with Crippen LogP contribution < -0.4 is 9.47 Å². The summed E-state index contributed by atoms with van der Waals surface area (Å²) in [5.41, 5.74) is 0.463. The topological polar surface area (TPSA) is 83.4 Å². The molecule has 2 aromatic rings. The summed E-state index contributed by atoms with van der Waals surface area (Å²) < 4.78 is 34.7. The van der Waals surface area contributed by atoms with E-state index in [-0.39, 0.29) is 36.1 Å². The Labute approximate surface area is 166 Å². The zero-order valence-corrected chi connectivity index (χ0v) is 15.8. The zero-order valence-electron chi connectivity index (χ0n) is 15.8. The number of hydrogen-bond acceptors (Lipinski definition) is 7. The van der Waals surface area contributed by atoms with Crippen molar-refractivity contribution in [2.75, 3.05) is 20.3 Å². The van der Waals surface area contributed by atoms with Gasteiger partial charge in [0.25, 0.3) is 0 Å². The molecule has 0 atom stereocenters. The van der Waals surface area contributed by atoms with Crippen LogP contribution in [0.2, 0.25) is 0 Å². The van der Waals surface area contributed by atoms with Gasteiger partial charge in [0.2, 0.25) is 5.90 Å². The third-order valence-electron chi connectivity index (χ3n) is 3.89. The number of esters is 2. The maximum atomic E-state index is 14.0. The average molecular weight is 399 g/mol. The molecule has 3 rings (SSSR count). The molecule has 0 saturated carbocycles. The molecule has 1 aliphatic rings. The van der Waals surface area contributed by atoms with Crippen molar-refractivity contribution in [1.82, 2.24) is 0 Å². The molecule has 0 N–H and O–H groups in total. The zero-order chi connectivity index (χ0) is 20.8. The fourth-order valence-electron chi connectivity index (χ4n) is 2.60. The Kier molecular flexibility index (Phi) is 6.23. The van der Waals surface area contributed by atoms with E-state index >= 15 is 0 Å². The van der Waals surface area contributed by atoms with E-state index in [1.54, 1.807) is 31.2 Å². The first-order valence-electron chi connectivity index (χ1n) is 8.76. The number of carbonyl (C=O) groups is 2. The van der Waals surface area contributed by atoms with E-state index in [4.69, 9.17) is 18.9 Å². The molecule has 0 bridgehead atoms. The normalized spacial score (nSPS) is 14.4. The molecule has 7 nitrogen and oxygen atoms in total. The predicted molar refractivity (Wildman–Crippen MR) is 102 cm³/mol. The predicted octanol–water partition coefficient (Wildman–Crippen LogP) is 3.12. The minimum absolute atomic E-state index is 0.0440. The van der Waals surface area contributed by atoms with E-state index in [0.29, 0.717) is 11.3 Å². The minimum atomic E-state index is -0.734. The molecule has 150 valence electrons. The highest BCUT2D eigenvalue weighted by atomic mass is 19.1. The summed E-state index contributed by atoms with van der Waals surface area (Å²) >= 11 is 0. The number of nitrogens with zero attached hydrogens (tertiary/aromatic N) is 1. The summed E-state index contributed by atoms with van der Waals surface area (Å²) in [7, 11) is 1.45. The summed E-state index contributed by atoms with van der Waals surface area (Å²) in [6, 6.07) is 10.8. The molecule has 0 saturated heterocycles. The molecule has 0 fully saturated rings. The lowest BCUT2D eigenvalue weighted by atomic mass is 10.1. The van der Waals surface area contributed by atoms with Gasteiger partial charge in [-0.25, -0.2) is 19.0 Å². The summed E-state index contributed by atoms with van der Waals surface area (Å²) in [5.74, 6) is -1.37. The Balaban J connectivity index is 1.94. The first kappa shape index (κ1) is 20.1. The van der Waals surface area contributed by atoms with Crippen LogP contribution in [0.4, 0.5) is 4.39 Å². The van der Waals surface area contributed by atoms with E-state index in [1.165, 1.54) is 31.4 Å². The Hall–Kier alpha value is -3.68.